The molecule has 2 aliphatic rings. The zero-order valence-electron chi connectivity index (χ0n) is 15.1. The molecular weight excluding hydrogens is 304 g/mol. The van der Waals surface area contributed by atoms with E-state index in [-0.39, 0.29) is 23.8 Å². The van der Waals surface area contributed by atoms with Crippen molar-refractivity contribution in [1.82, 2.24) is 20.0 Å². The molecule has 2 fully saturated rings. The van der Waals surface area contributed by atoms with Gasteiger partial charge < -0.3 is 10.2 Å². The molecule has 1 N–H and O–H groups in total. The highest BCUT2D eigenvalue weighted by molar-refractivity contribution is 5.91. The summed E-state index contributed by atoms with van der Waals surface area (Å²) in [5.74, 6) is 0.194. The summed E-state index contributed by atoms with van der Waals surface area (Å²) in [7, 11) is 0. The van der Waals surface area contributed by atoms with Crippen LogP contribution in [-0.2, 0) is 9.59 Å². The van der Waals surface area contributed by atoms with Gasteiger partial charge in [0, 0.05) is 25.7 Å². The Bertz CT molecular complexity index is 649. The predicted octanol–water partition coefficient (Wildman–Crippen LogP) is 1.97. The second kappa shape index (κ2) is 6.22. The number of carbonyl (C=O) groups excluding carboxylic acids is 2. The number of hydrogen-bond acceptors (Lipinski definition) is 3. The molecule has 0 aromatic carbocycles. The van der Waals surface area contributed by atoms with Crippen LogP contribution in [0.25, 0.3) is 0 Å². The number of aryl methyl sites for hydroxylation is 2. The van der Waals surface area contributed by atoms with Crippen LogP contribution in [0, 0.1) is 19.8 Å². The first-order chi connectivity index (χ1) is 11.3. The molecule has 1 saturated heterocycles. The van der Waals surface area contributed by atoms with E-state index in [1.807, 2.05) is 18.7 Å². The molecule has 1 aromatic rings. The third-order valence-corrected chi connectivity index (χ3v) is 5.35. The number of nitrogens with zero attached hydrogens (tertiary/aromatic N) is 3. The van der Waals surface area contributed by atoms with Crippen molar-refractivity contribution in [2.45, 2.75) is 65.0 Å². The van der Waals surface area contributed by atoms with Gasteiger partial charge in [0.2, 0.25) is 11.8 Å². The highest BCUT2D eigenvalue weighted by Crippen LogP contribution is 2.41. The second-order valence-electron chi connectivity index (χ2n) is 7.58. The normalized spacial score (nSPS) is 23.7. The van der Waals surface area contributed by atoms with Gasteiger partial charge in [-0.15, -0.1) is 0 Å². The lowest BCUT2D eigenvalue weighted by molar-refractivity contribution is -0.143. The number of likely N-dealkylation sites (tertiary alicyclic amines) is 1. The Balaban J connectivity index is 1.77. The largest absolute Gasteiger partial charge is 0.342 e. The molecule has 2 heterocycles. The Morgan fingerprint density at radius 3 is 2.54 bits per heavy atom. The van der Waals surface area contributed by atoms with Crippen molar-refractivity contribution in [3.8, 4) is 0 Å². The lowest BCUT2D eigenvalue weighted by Crippen LogP contribution is -2.60. The summed E-state index contributed by atoms with van der Waals surface area (Å²) < 4.78 is 2.06. The van der Waals surface area contributed by atoms with E-state index in [1.54, 1.807) is 0 Å². The Morgan fingerprint density at radius 2 is 2.00 bits per heavy atom. The number of carbonyl (C=O) groups is 2. The standard InChI is InChI=1S/C18H28N4O2/c1-12-10-13(2)22(20-12)16-6-5-9-21(11-16)17(24)18(4,15-7-8-15)19-14(3)23/h10,15-16H,5-9,11H2,1-4H3,(H,19,23)/t16-,18-/m0/s1. The van der Waals surface area contributed by atoms with Gasteiger partial charge >= 0.3 is 0 Å². The highest BCUT2D eigenvalue weighted by Gasteiger charge is 2.50. The third kappa shape index (κ3) is 3.19. The van der Waals surface area contributed by atoms with Crippen molar-refractivity contribution in [2.75, 3.05) is 13.1 Å². The minimum atomic E-state index is -0.761. The molecule has 0 unspecified atom stereocenters. The number of rotatable bonds is 4. The first-order valence-electron chi connectivity index (χ1n) is 8.92. The van der Waals surface area contributed by atoms with Crippen molar-refractivity contribution in [3.05, 3.63) is 17.5 Å². The minimum absolute atomic E-state index is 0.0615. The molecule has 2 amide bonds. The summed E-state index contributed by atoms with van der Waals surface area (Å²) in [5, 5.41) is 7.53. The lowest BCUT2D eigenvalue weighted by Gasteiger charge is -2.39. The molecule has 1 aliphatic carbocycles. The van der Waals surface area contributed by atoms with Crippen LogP contribution in [0.5, 0.6) is 0 Å². The van der Waals surface area contributed by atoms with Crippen LogP contribution in [0.4, 0.5) is 0 Å². The zero-order valence-corrected chi connectivity index (χ0v) is 15.1. The van der Waals surface area contributed by atoms with Crippen molar-refractivity contribution >= 4 is 11.8 Å². The third-order valence-electron chi connectivity index (χ3n) is 5.35. The van der Waals surface area contributed by atoms with Crippen LogP contribution in [0.3, 0.4) is 0 Å². The lowest BCUT2D eigenvalue weighted by atomic mass is 9.92. The average molecular weight is 332 g/mol. The molecule has 1 aliphatic heterocycles. The summed E-state index contributed by atoms with van der Waals surface area (Å²) in [6.45, 7) is 8.87. The van der Waals surface area contributed by atoms with Gasteiger partial charge in [0.05, 0.1) is 11.7 Å². The molecule has 0 radical (unpaired) electrons. The van der Waals surface area contributed by atoms with Crippen molar-refractivity contribution < 1.29 is 9.59 Å². The Hall–Kier alpha value is -1.85. The van der Waals surface area contributed by atoms with Crippen LogP contribution in [0.2, 0.25) is 0 Å². The maximum absolute atomic E-state index is 13.2. The monoisotopic (exact) mass is 332 g/mol. The van der Waals surface area contributed by atoms with Crippen LogP contribution in [0.1, 0.15) is 57.0 Å². The molecule has 3 rings (SSSR count). The van der Waals surface area contributed by atoms with Crippen molar-refractivity contribution in [1.29, 1.82) is 0 Å². The van der Waals surface area contributed by atoms with Crippen molar-refractivity contribution in [2.24, 2.45) is 5.92 Å². The average Bonchev–Trinajstić information content (AvgIpc) is 3.31. The van der Waals surface area contributed by atoms with E-state index in [2.05, 4.69) is 28.1 Å². The second-order valence-corrected chi connectivity index (χ2v) is 7.58. The van der Waals surface area contributed by atoms with Gasteiger partial charge in [0.25, 0.3) is 0 Å². The Morgan fingerprint density at radius 1 is 1.29 bits per heavy atom. The van der Waals surface area contributed by atoms with Gasteiger partial charge in [0.1, 0.15) is 5.54 Å². The fourth-order valence-electron chi connectivity index (χ4n) is 4.04. The van der Waals surface area contributed by atoms with Gasteiger partial charge in [-0.05, 0) is 58.4 Å². The fourth-order valence-corrected chi connectivity index (χ4v) is 4.04. The van der Waals surface area contributed by atoms with E-state index in [1.165, 1.54) is 6.92 Å². The molecule has 24 heavy (non-hydrogen) atoms. The van der Waals surface area contributed by atoms with E-state index in [0.29, 0.717) is 6.54 Å². The first-order valence-corrected chi connectivity index (χ1v) is 8.92. The fraction of sp³-hybridized carbons (Fsp3) is 0.722. The van der Waals surface area contributed by atoms with Gasteiger partial charge in [-0.1, -0.05) is 0 Å². The van der Waals surface area contributed by atoms with Crippen LogP contribution in [-0.4, -0.2) is 45.1 Å². The van der Waals surface area contributed by atoms with Crippen LogP contribution >= 0.6 is 0 Å². The quantitative estimate of drug-likeness (QED) is 0.916. The maximum atomic E-state index is 13.2. The van der Waals surface area contributed by atoms with Crippen LogP contribution in [0.15, 0.2) is 6.07 Å². The molecule has 1 aromatic heterocycles. The minimum Gasteiger partial charge on any atom is -0.342 e. The molecule has 132 valence electrons. The van der Waals surface area contributed by atoms with E-state index in [9.17, 15) is 9.59 Å². The number of piperidine rings is 1. The summed E-state index contributed by atoms with van der Waals surface area (Å²) in [5.41, 5.74) is 1.39. The van der Waals surface area contributed by atoms with Gasteiger partial charge in [0.15, 0.2) is 0 Å². The smallest absolute Gasteiger partial charge is 0.248 e. The Labute approximate surface area is 143 Å². The van der Waals surface area contributed by atoms with Gasteiger partial charge in [-0.2, -0.15) is 5.10 Å². The molecule has 0 bridgehead atoms. The number of aromatic nitrogens is 2. The summed E-state index contributed by atoms with van der Waals surface area (Å²) in [4.78, 5) is 26.7. The molecule has 2 atom stereocenters. The van der Waals surface area contributed by atoms with Crippen LogP contribution < -0.4 is 5.32 Å². The van der Waals surface area contributed by atoms with E-state index < -0.39 is 5.54 Å². The molecule has 6 heteroatoms. The first kappa shape index (κ1) is 17.0. The summed E-state index contributed by atoms with van der Waals surface area (Å²) in [6, 6.07) is 2.30. The summed E-state index contributed by atoms with van der Waals surface area (Å²) >= 11 is 0. The van der Waals surface area contributed by atoms with Gasteiger partial charge in [-0.25, -0.2) is 0 Å². The highest BCUT2D eigenvalue weighted by atomic mass is 16.2. The topological polar surface area (TPSA) is 67.2 Å². The zero-order chi connectivity index (χ0) is 17.5. The molecule has 0 spiro atoms. The van der Waals surface area contributed by atoms with E-state index in [4.69, 9.17) is 0 Å². The Kier molecular flexibility index (Phi) is 4.40. The van der Waals surface area contributed by atoms with E-state index >= 15 is 0 Å². The maximum Gasteiger partial charge on any atom is 0.248 e. The predicted molar refractivity (Wildman–Crippen MR) is 91.5 cm³/mol. The van der Waals surface area contributed by atoms with E-state index in [0.717, 1.165) is 43.6 Å². The number of hydrogen-bond donors (Lipinski definition) is 1. The molecule has 6 nitrogen and oxygen atoms in total. The summed E-state index contributed by atoms with van der Waals surface area (Å²) in [6.07, 6.45) is 4.02. The number of nitrogens with one attached hydrogen (secondary N) is 1. The molecular formula is C18H28N4O2. The van der Waals surface area contributed by atoms with Gasteiger partial charge in [-0.3, -0.25) is 14.3 Å². The van der Waals surface area contributed by atoms with Crippen molar-refractivity contribution in [3.63, 3.8) is 0 Å². The number of amides is 2. The SMILES string of the molecule is CC(=O)N[C@](C)(C(=O)N1CCC[C@H](n2nc(C)cc2C)C1)C1CC1. The molecule has 1 saturated carbocycles.